The highest BCUT2D eigenvalue weighted by Crippen LogP contribution is 2.39. The molecule has 1 aromatic carbocycles. The number of fused-ring (bicyclic) bond motifs is 1. The maximum absolute atomic E-state index is 12.8. The molecule has 4 nitrogen and oxygen atoms in total. The molecule has 1 amide bonds. The third kappa shape index (κ3) is 2.90. The summed E-state index contributed by atoms with van der Waals surface area (Å²) in [6.07, 6.45) is -3.79. The van der Waals surface area contributed by atoms with Gasteiger partial charge in [0.2, 0.25) is 0 Å². The van der Waals surface area contributed by atoms with Crippen molar-refractivity contribution in [3.63, 3.8) is 0 Å². The van der Waals surface area contributed by atoms with E-state index in [1.807, 2.05) is 6.92 Å². The number of hydrogen-bond donors (Lipinski definition) is 1. The molecular formula is C15H19F3N2O2. The quantitative estimate of drug-likeness (QED) is 0.905. The van der Waals surface area contributed by atoms with Crippen molar-refractivity contribution >= 4 is 11.8 Å². The Balaban J connectivity index is 2.49. The summed E-state index contributed by atoms with van der Waals surface area (Å²) in [5.41, 5.74) is 5.45. The SMILES string of the molecule is CCOC(=O)N1c2ccc(C(F)(F)F)cc2CCC1(N)CC. The summed E-state index contributed by atoms with van der Waals surface area (Å²) in [5.74, 6) is 0. The predicted molar refractivity (Wildman–Crippen MR) is 76.5 cm³/mol. The Morgan fingerprint density at radius 1 is 1.41 bits per heavy atom. The van der Waals surface area contributed by atoms with Crippen LogP contribution in [0, 0.1) is 0 Å². The van der Waals surface area contributed by atoms with E-state index in [0.29, 0.717) is 30.5 Å². The van der Waals surface area contributed by atoms with Crippen molar-refractivity contribution in [3.05, 3.63) is 29.3 Å². The predicted octanol–water partition coefficient (Wildman–Crippen LogP) is 3.68. The number of alkyl halides is 3. The van der Waals surface area contributed by atoms with Crippen LogP contribution in [0.4, 0.5) is 23.7 Å². The number of carbonyl (C=O) groups excluding carboxylic acids is 1. The molecule has 0 bridgehead atoms. The summed E-state index contributed by atoms with van der Waals surface area (Å²) in [5, 5.41) is 0. The average molecular weight is 316 g/mol. The average Bonchev–Trinajstić information content (AvgIpc) is 2.45. The molecule has 1 heterocycles. The number of halogens is 3. The summed E-state index contributed by atoms with van der Waals surface area (Å²) in [6.45, 7) is 3.67. The van der Waals surface area contributed by atoms with Crippen molar-refractivity contribution < 1.29 is 22.7 Å². The fraction of sp³-hybridized carbons (Fsp3) is 0.533. The van der Waals surface area contributed by atoms with E-state index in [9.17, 15) is 18.0 Å². The van der Waals surface area contributed by atoms with Crippen LogP contribution in [0.2, 0.25) is 0 Å². The minimum absolute atomic E-state index is 0.172. The van der Waals surface area contributed by atoms with Crippen LogP contribution in [0.1, 0.15) is 37.8 Å². The molecule has 0 spiro atoms. The number of amides is 1. The highest BCUT2D eigenvalue weighted by atomic mass is 19.4. The number of anilines is 1. The van der Waals surface area contributed by atoms with E-state index in [0.717, 1.165) is 12.1 Å². The second kappa shape index (κ2) is 5.79. The van der Waals surface area contributed by atoms with Gasteiger partial charge in [-0.25, -0.2) is 4.79 Å². The molecular weight excluding hydrogens is 297 g/mol. The number of ether oxygens (including phenoxy) is 1. The zero-order chi connectivity index (χ0) is 16.5. The fourth-order valence-corrected chi connectivity index (χ4v) is 2.69. The normalized spacial score (nSPS) is 21.5. The van der Waals surface area contributed by atoms with Gasteiger partial charge in [-0.05, 0) is 49.9 Å². The number of nitrogens with two attached hydrogens (primary N) is 1. The van der Waals surface area contributed by atoms with Gasteiger partial charge in [0.15, 0.2) is 0 Å². The topological polar surface area (TPSA) is 55.6 Å². The molecule has 0 radical (unpaired) electrons. The monoisotopic (exact) mass is 316 g/mol. The first kappa shape index (κ1) is 16.6. The minimum Gasteiger partial charge on any atom is -0.449 e. The molecule has 1 unspecified atom stereocenters. The Hall–Kier alpha value is -1.76. The Kier molecular flexibility index (Phi) is 4.37. The van der Waals surface area contributed by atoms with Gasteiger partial charge in [0.05, 0.1) is 23.5 Å². The van der Waals surface area contributed by atoms with E-state index in [2.05, 4.69) is 0 Å². The molecule has 122 valence electrons. The fourth-order valence-electron chi connectivity index (χ4n) is 2.69. The smallest absolute Gasteiger partial charge is 0.416 e. The first-order valence-electron chi connectivity index (χ1n) is 7.19. The third-order valence-corrected chi connectivity index (χ3v) is 3.98. The maximum atomic E-state index is 12.8. The lowest BCUT2D eigenvalue weighted by atomic mass is 9.89. The van der Waals surface area contributed by atoms with Crippen LogP contribution < -0.4 is 10.6 Å². The number of aryl methyl sites for hydroxylation is 1. The first-order chi connectivity index (χ1) is 10.2. The Labute approximate surface area is 127 Å². The van der Waals surface area contributed by atoms with E-state index < -0.39 is 23.5 Å². The van der Waals surface area contributed by atoms with Gasteiger partial charge in [-0.3, -0.25) is 4.90 Å². The third-order valence-electron chi connectivity index (χ3n) is 3.98. The first-order valence-corrected chi connectivity index (χ1v) is 7.19. The molecule has 2 rings (SSSR count). The van der Waals surface area contributed by atoms with Gasteiger partial charge in [0.25, 0.3) is 0 Å². The standard InChI is InChI=1S/C15H19F3N2O2/c1-3-14(19)8-7-10-9-11(15(16,17)18)5-6-12(10)20(14)13(21)22-4-2/h5-6,9H,3-4,7-8,19H2,1-2H3. The molecule has 1 atom stereocenters. The minimum atomic E-state index is -4.41. The molecule has 0 saturated carbocycles. The van der Waals surface area contributed by atoms with Crippen LogP contribution in [-0.4, -0.2) is 18.4 Å². The van der Waals surface area contributed by atoms with Crippen molar-refractivity contribution in [2.75, 3.05) is 11.5 Å². The Morgan fingerprint density at radius 3 is 2.64 bits per heavy atom. The summed E-state index contributed by atoms with van der Waals surface area (Å²) in [6, 6.07) is 3.34. The number of rotatable bonds is 2. The van der Waals surface area contributed by atoms with Gasteiger partial charge in [0.1, 0.15) is 0 Å². The molecule has 1 aliphatic heterocycles. The Morgan fingerprint density at radius 2 is 2.09 bits per heavy atom. The Bertz CT molecular complexity index is 574. The maximum Gasteiger partial charge on any atom is 0.416 e. The molecule has 0 fully saturated rings. The van der Waals surface area contributed by atoms with Gasteiger partial charge in [0, 0.05) is 0 Å². The zero-order valence-electron chi connectivity index (χ0n) is 12.5. The second-order valence-electron chi connectivity index (χ2n) is 5.33. The van der Waals surface area contributed by atoms with Crippen molar-refractivity contribution in [2.45, 2.75) is 44.9 Å². The molecule has 1 aliphatic rings. The zero-order valence-corrected chi connectivity index (χ0v) is 12.5. The van der Waals surface area contributed by atoms with Crippen molar-refractivity contribution in [1.29, 1.82) is 0 Å². The lowest BCUT2D eigenvalue weighted by Gasteiger charge is -2.44. The number of carbonyl (C=O) groups is 1. The molecule has 0 aliphatic carbocycles. The van der Waals surface area contributed by atoms with E-state index in [4.69, 9.17) is 10.5 Å². The van der Waals surface area contributed by atoms with E-state index >= 15 is 0 Å². The van der Waals surface area contributed by atoms with Crippen LogP contribution in [0.3, 0.4) is 0 Å². The van der Waals surface area contributed by atoms with E-state index in [-0.39, 0.29) is 6.61 Å². The second-order valence-corrected chi connectivity index (χ2v) is 5.33. The largest absolute Gasteiger partial charge is 0.449 e. The summed E-state index contributed by atoms with van der Waals surface area (Å²) in [7, 11) is 0. The van der Waals surface area contributed by atoms with Crippen LogP contribution in [0.5, 0.6) is 0 Å². The van der Waals surface area contributed by atoms with Crippen LogP contribution >= 0.6 is 0 Å². The lowest BCUT2D eigenvalue weighted by molar-refractivity contribution is -0.137. The van der Waals surface area contributed by atoms with E-state index in [1.165, 1.54) is 11.0 Å². The number of hydrogen-bond acceptors (Lipinski definition) is 3. The number of benzene rings is 1. The van der Waals surface area contributed by atoms with Crippen LogP contribution in [0.15, 0.2) is 18.2 Å². The lowest BCUT2D eigenvalue weighted by Crippen LogP contribution is -2.60. The molecule has 0 saturated heterocycles. The van der Waals surface area contributed by atoms with Crippen molar-refractivity contribution in [3.8, 4) is 0 Å². The van der Waals surface area contributed by atoms with Gasteiger partial charge in [-0.1, -0.05) is 6.92 Å². The van der Waals surface area contributed by atoms with Gasteiger partial charge in [-0.2, -0.15) is 13.2 Å². The highest BCUT2D eigenvalue weighted by molar-refractivity contribution is 5.91. The molecule has 22 heavy (non-hydrogen) atoms. The van der Waals surface area contributed by atoms with Gasteiger partial charge >= 0.3 is 12.3 Å². The highest BCUT2D eigenvalue weighted by Gasteiger charge is 2.42. The number of nitrogens with zero attached hydrogens (tertiary/aromatic N) is 1. The van der Waals surface area contributed by atoms with Crippen LogP contribution in [-0.2, 0) is 17.3 Å². The van der Waals surface area contributed by atoms with Gasteiger partial charge < -0.3 is 10.5 Å². The van der Waals surface area contributed by atoms with Crippen LogP contribution in [0.25, 0.3) is 0 Å². The molecule has 2 N–H and O–H groups in total. The summed E-state index contributed by atoms with van der Waals surface area (Å²) < 4.78 is 43.5. The summed E-state index contributed by atoms with van der Waals surface area (Å²) >= 11 is 0. The van der Waals surface area contributed by atoms with Crippen molar-refractivity contribution in [1.82, 2.24) is 0 Å². The molecule has 0 aromatic heterocycles. The van der Waals surface area contributed by atoms with Crippen molar-refractivity contribution in [2.24, 2.45) is 5.73 Å². The summed E-state index contributed by atoms with van der Waals surface area (Å²) in [4.78, 5) is 13.5. The van der Waals surface area contributed by atoms with E-state index in [1.54, 1.807) is 6.92 Å². The van der Waals surface area contributed by atoms with Gasteiger partial charge in [-0.15, -0.1) is 0 Å². The molecule has 7 heteroatoms. The molecule has 1 aromatic rings.